The van der Waals surface area contributed by atoms with Gasteiger partial charge in [-0.2, -0.15) is 4.39 Å². The minimum Gasteiger partial charge on any atom is -0.456 e. The summed E-state index contributed by atoms with van der Waals surface area (Å²) in [4.78, 5) is 21.1. The number of nitrogens with zero attached hydrogens (tertiary/aromatic N) is 1. The van der Waals surface area contributed by atoms with Crippen molar-refractivity contribution in [2.24, 2.45) is 0 Å². The van der Waals surface area contributed by atoms with Gasteiger partial charge in [0.25, 0.3) is 0 Å². The fourth-order valence-electron chi connectivity index (χ4n) is 1.68. The molecule has 8 heteroatoms. The summed E-state index contributed by atoms with van der Waals surface area (Å²) in [7, 11) is 0. The van der Waals surface area contributed by atoms with Crippen LogP contribution >= 0.6 is 0 Å². The van der Waals surface area contributed by atoms with Gasteiger partial charge in [-0.05, 0) is 6.07 Å². The van der Waals surface area contributed by atoms with Gasteiger partial charge in [-0.3, -0.25) is 10.1 Å². The Hall–Kier alpha value is -2.09. The molecule has 0 amide bonds. The smallest absolute Gasteiger partial charge is 0.341 e. The summed E-state index contributed by atoms with van der Waals surface area (Å²) in [5.41, 5.74) is -1.90. The molecule has 0 saturated carbocycles. The molecule has 0 N–H and O–H groups in total. The number of nitro groups is 1. The molecule has 0 aromatic heterocycles. The number of esters is 1. The van der Waals surface area contributed by atoms with Gasteiger partial charge in [-0.1, -0.05) is 0 Å². The molecule has 0 radical (unpaired) electrons. The molecule has 1 saturated heterocycles. The van der Waals surface area contributed by atoms with Gasteiger partial charge in [0.2, 0.25) is 5.82 Å². The van der Waals surface area contributed by atoms with Crippen molar-refractivity contribution in [1.29, 1.82) is 0 Å². The number of carbonyl (C=O) groups excluding carboxylic acids is 1. The lowest BCUT2D eigenvalue weighted by molar-refractivity contribution is -0.387. The molecule has 1 unspecified atom stereocenters. The first kappa shape index (κ1) is 13.3. The lowest BCUT2D eigenvalue weighted by Crippen LogP contribution is -2.19. The Balaban J connectivity index is 2.27. The first-order valence-electron chi connectivity index (χ1n) is 5.41. The van der Waals surface area contributed by atoms with E-state index in [1.807, 2.05) is 0 Å². The molecule has 0 spiro atoms. The third-order valence-corrected chi connectivity index (χ3v) is 2.60. The monoisotopic (exact) mass is 273 g/mol. The van der Waals surface area contributed by atoms with E-state index in [-0.39, 0.29) is 6.61 Å². The van der Waals surface area contributed by atoms with Crippen LogP contribution in [-0.2, 0) is 9.47 Å². The third kappa shape index (κ3) is 2.84. The van der Waals surface area contributed by atoms with Crippen molar-refractivity contribution >= 4 is 11.7 Å². The number of ether oxygens (including phenoxy) is 2. The molecule has 1 aromatic carbocycles. The number of nitro benzene ring substituents is 1. The van der Waals surface area contributed by atoms with Crippen LogP contribution in [0.1, 0.15) is 16.8 Å². The van der Waals surface area contributed by atoms with Crippen molar-refractivity contribution in [3.8, 4) is 0 Å². The third-order valence-electron chi connectivity index (χ3n) is 2.60. The number of hydrogen-bond acceptors (Lipinski definition) is 5. The van der Waals surface area contributed by atoms with Gasteiger partial charge < -0.3 is 9.47 Å². The van der Waals surface area contributed by atoms with Gasteiger partial charge in [0.15, 0.2) is 0 Å². The lowest BCUT2D eigenvalue weighted by atomic mass is 10.1. The number of halogens is 2. The van der Waals surface area contributed by atoms with E-state index >= 15 is 0 Å². The topological polar surface area (TPSA) is 78.7 Å². The Bertz CT molecular complexity index is 528. The molecule has 1 atom stereocenters. The molecule has 1 aliphatic heterocycles. The van der Waals surface area contributed by atoms with Gasteiger partial charge in [0.05, 0.1) is 24.2 Å². The maximum absolute atomic E-state index is 13.7. The van der Waals surface area contributed by atoms with Crippen LogP contribution in [-0.4, -0.2) is 30.2 Å². The van der Waals surface area contributed by atoms with Crippen LogP contribution in [0.5, 0.6) is 0 Å². The van der Waals surface area contributed by atoms with Crippen LogP contribution in [0, 0.1) is 21.7 Å². The highest BCUT2D eigenvalue weighted by atomic mass is 19.1. The Morgan fingerprint density at radius 2 is 2.21 bits per heavy atom. The van der Waals surface area contributed by atoms with E-state index < -0.39 is 39.9 Å². The highest BCUT2D eigenvalue weighted by Gasteiger charge is 2.28. The second-order valence-electron chi connectivity index (χ2n) is 3.93. The molecule has 0 bridgehead atoms. The summed E-state index contributed by atoms with van der Waals surface area (Å²) in [6.07, 6.45) is -0.0978. The van der Waals surface area contributed by atoms with Crippen molar-refractivity contribution in [3.63, 3.8) is 0 Å². The Morgan fingerprint density at radius 3 is 2.79 bits per heavy atom. The molecular formula is C11H9F2NO5. The van der Waals surface area contributed by atoms with Crippen LogP contribution < -0.4 is 0 Å². The van der Waals surface area contributed by atoms with Gasteiger partial charge in [0.1, 0.15) is 17.5 Å². The van der Waals surface area contributed by atoms with E-state index in [1.54, 1.807) is 0 Å². The molecule has 102 valence electrons. The average Bonchev–Trinajstić information content (AvgIpc) is 2.84. The van der Waals surface area contributed by atoms with Gasteiger partial charge in [-0.15, -0.1) is 0 Å². The minimum atomic E-state index is -1.41. The number of hydrogen-bond donors (Lipinski definition) is 0. The molecule has 1 aliphatic rings. The Morgan fingerprint density at radius 1 is 1.47 bits per heavy atom. The zero-order valence-electron chi connectivity index (χ0n) is 9.60. The van der Waals surface area contributed by atoms with Crippen molar-refractivity contribution in [2.75, 3.05) is 13.2 Å². The molecule has 1 heterocycles. The molecular weight excluding hydrogens is 264 g/mol. The predicted molar refractivity (Wildman–Crippen MR) is 57.7 cm³/mol. The van der Waals surface area contributed by atoms with E-state index in [1.165, 1.54) is 0 Å². The van der Waals surface area contributed by atoms with Crippen LogP contribution in [0.2, 0.25) is 0 Å². The SMILES string of the molecule is O=C(OC1CCOC1)c1cc(F)cc([N+](=O)[O-])c1F. The van der Waals surface area contributed by atoms with Crippen molar-refractivity contribution < 1.29 is 28.0 Å². The van der Waals surface area contributed by atoms with Crippen LogP contribution in [0.15, 0.2) is 12.1 Å². The maximum atomic E-state index is 13.7. The normalized spacial score (nSPS) is 18.3. The van der Waals surface area contributed by atoms with Gasteiger partial charge in [0, 0.05) is 6.42 Å². The molecule has 0 aliphatic carbocycles. The van der Waals surface area contributed by atoms with E-state index in [9.17, 15) is 23.7 Å². The summed E-state index contributed by atoms with van der Waals surface area (Å²) in [6.45, 7) is 0.578. The molecule has 1 aromatic rings. The Kier molecular flexibility index (Phi) is 3.70. The van der Waals surface area contributed by atoms with Crippen molar-refractivity contribution in [3.05, 3.63) is 39.4 Å². The first-order valence-corrected chi connectivity index (χ1v) is 5.41. The highest BCUT2D eigenvalue weighted by Crippen LogP contribution is 2.24. The minimum absolute atomic E-state index is 0.171. The summed E-state index contributed by atoms with van der Waals surface area (Å²) in [5.74, 6) is -3.63. The second-order valence-corrected chi connectivity index (χ2v) is 3.93. The Labute approximate surface area is 106 Å². The van der Waals surface area contributed by atoms with E-state index in [0.717, 1.165) is 0 Å². The average molecular weight is 273 g/mol. The summed E-state index contributed by atoms with van der Waals surface area (Å²) < 4.78 is 36.7. The molecule has 6 nitrogen and oxygen atoms in total. The lowest BCUT2D eigenvalue weighted by Gasteiger charge is -2.10. The summed E-state index contributed by atoms with van der Waals surface area (Å²) in [5, 5.41) is 10.5. The number of benzene rings is 1. The van der Waals surface area contributed by atoms with Crippen LogP contribution in [0.4, 0.5) is 14.5 Å². The number of rotatable bonds is 3. The quantitative estimate of drug-likeness (QED) is 0.477. The first-order chi connectivity index (χ1) is 8.99. The largest absolute Gasteiger partial charge is 0.456 e. The van der Waals surface area contributed by atoms with Gasteiger partial charge >= 0.3 is 11.7 Å². The fraction of sp³-hybridized carbons (Fsp3) is 0.364. The molecule has 1 fully saturated rings. The maximum Gasteiger partial charge on any atom is 0.341 e. The van der Waals surface area contributed by atoms with Crippen LogP contribution in [0.25, 0.3) is 0 Å². The zero-order chi connectivity index (χ0) is 14.0. The molecule has 19 heavy (non-hydrogen) atoms. The number of carbonyl (C=O) groups is 1. The van der Waals surface area contributed by atoms with E-state index in [2.05, 4.69) is 0 Å². The van der Waals surface area contributed by atoms with Crippen molar-refractivity contribution in [1.82, 2.24) is 0 Å². The van der Waals surface area contributed by atoms with E-state index in [4.69, 9.17) is 9.47 Å². The second kappa shape index (κ2) is 5.27. The van der Waals surface area contributed by atoms with Gasteiger partial charge in [-0.25, -0.2) is 9.18 Å². The molecule has 2 rings (SSSR count). The zero-order valence-corrected chi connectivity index (χ0v) is 9.60. The summed E-state index contributed by atoms with van der Waals surface area (Å²) >= 11 is 0. The van der Waals surface area contributed by atoms with E-state index in [0.29, 0.717) is 25.2 Å². The predicted octanol–water partition coefficient (Wildman–Crippen LogP) is 1.82. The highest BCUT2D eigenvalue weighted by molar-refractivity contribution is 5.90. The van der Waals surface area contributed by atoms with Crippen molar-refractivity contribution in [2.45, 2.75) is 12.5 Å². The summed E-state index contributed by atoms with van der Waals surface area (Å²) in [6, 6.07) is 0.977. The standard InChI is InChI=1S/C11H9F2NO5/c12-6-3-8(10(13)9(4-6)14(16)17)11(15)19-7-1-2-18-5-7/h3-4,7H,1-2,5H2. The fourth-order valence-corrected chi connectivity index (χ4v) is 1.68. The van der Waals surface area contributed by atoms with Crippen LogP contribution in [0.3, 0.4) is 0 Å².